The zero-order chi connectivity index (χ0) is 39.1. The Morgan fingerprint density at radius 1 is 0.424 bits per heavy atom. The van der Waals surface area contributed by atoms with Gasteiger partial charge in [-0.1, -0.05) is 182 Å². The van der Waals surface area contributed by atoms with Crippen molar-refractivity contribution in [1.29, 1.82) is 0 Å². The maximum Gasteiger partial charge on any atom is 0.175 e. The minimum Gasteiger partial charge on any atom is -0.308 e. The van der Waals surface area contributed by atoms with Crippen LogP contribution in [-0.4, -0.2) is 9.55 Å². The summed E-state index contributed by atoms with van der Waals surface area (Å²) >= 11 is 0. The number of rotatable bonds is 5. The highest BCUT2D eigenvalue weighted by Crippen LogP contribution is 2.54. The predicted octanol–water partition coefficient (Wildman–Crippen LogP) is 13.1. The van der Waals surface area contributed by atoms with Gasteiger partial charge in [0.05, 0.1) is 22.0 Å². The summed E-state index contributed by atoms with van der Waals surface area (Å²) in [5.41, 5.74) is 10.3. The SMILES string of the molecule is O=P1(c2ccccc2)c2c(-c3c4ccccc4c(-c4ccc5ccccc5c4)c4ccc(-c5ccccc5)cc34)cccc2-n2c(-c3ccccc3)nc3cccc1c32. The molecule has 3 nitrogen and oxygen atoms in total. The van der Waals surface area contributed by atoms with Gasteiger partial charge in [0.1, 0.15) is 5.82 Å². The lowest BCUT2D eigenvalue weighted by Crippen LogP contribution is -2.34. The van der Waals surface area contributed by atoms with Crippen molar-refractivity contribution in [3.8, 4) is 50.5 Å². The van der Waals surface area contributed by atoms with Crippen LogP contribution in [0.3, 0.4) is 0 Å². The molecule has 0 saturated heterocycles. The average Bonchev–Trinajstić information content (AvgIpc) is 3.71. The highest BCUT2D eigenvalue weighted by molar-refractivity contribution is 7.86. The topological polar surface area (TPSA) is 34.9 Å². The van der Waals surface area contributed by atoms with E-state index in [2.05, 4.69) is 168 Å². The van der Waals surface area contributed by atoms with E-state index in [1.165, 1.54) is 16.3 Å². The molecule has 11 aromatic rings. The van der Waals surface area contributed by atoms with E-state index < -0.39 is 7.14 Å². The van der Waals surface area contributed by atoms with E-state index in [1.807, 2.05) is 48.5 Å². The molecule has 59 heavy (non-hydrogen) atoms. The summed E-state index contributed by atoms with van der Waals surface area (Å²) in [7, 11) is -3.53. The van der Waals surface area contributed by atoms with Crippen molar-refractivity contribution in [2.24, 2.45) is 0 Å². The Morgan fingerprint density at radius 3 is 1.83 bits per heavy atom. The number of para-hydroxylation sites is 1. The van der Waals surface area contributed by atoms with Crippen molar-refractivity contribution in [3.05, 3.63) is 212 Å². The molecule has 1 aromatic heterocycles. The van der Waals surface area contributed by atoms with E-state index in [4.69, 9.17) is 4.98 Å². The molecular weight excluding hydrogens is 736 g/mol. The Labute approximate surface area is 341 Å². The fourth-order valence-electron chi connectivity index (χ4n) is 9.58. The molecule has 0 fully saturated rings. The third-order valence-corrected chi connectivity index (χ3v) is 15.3. The number of nitrogens with zero attached hydrogens (tertiary/aromatic N) is 2. The highest BCUT2D eigenvalue weighted by atomic mass is 31.2. The molecule has 1 unspecified atom stereocenters. The molecule has 0 bridgehead atoms. The van der Waals surface area contributed by atoms with Crippen molar-refractivity contribution in [2.75, 3.05) is 0 Å². The summed E-state index contributed by atoms with van der Waals surface area (Å²) in [6.07, 6.45) is 0. The molecule has 0 amide bonds. The van der Waals surface area contributed by atoms with Gasteiger partial charge < -0.3 is 4.57 Å². The van der Waals surface area contributed by atoms with Crippen LogP contribution in [0.25, 0.3) is 93.8 Å². The minimum atomic E-state index is -3.53. The first-order valence-electron chi connectivity index (χ1n) is 20.1. The molecule has 12 rings (SSSR count). The van der Waals surface area contributed by atoms with Crippen molar-refractivity contribution in [1.82, 2.24) is 9.55 Å². The van der Waals surface area contributed by atoms with E-state index in [9.17, 15) is 0 Å². The third kappa shape index (κ3) is 5.02. The second kappa shape index (κ2) is 13.1. The molecule has 2 heterocycles. The number of imidazole rings is 1. The zero-order valence-corrected chi connectivity index (χ0v) is 32.9. The van der Waals surface area contributed by atoms with Crippen LogP contribution in [0.15, 0.2) is 212 Å². The first-order valence-corrected chi connectivity index (χ1v) is 21.8. The van der Waals surface area contributed by atoms with E-state index >= 15 is 4.57 Å². The molecule has 0 saturated carbocycles. The number of hydrogen-bond acceptors (Lipinski definition) is 2. The molecule has 1 atom stereocenters. The molecular formula is C55H35N2OP. The maximum atomic E-state index is 16.9. The monoisotopic (exact) mass is 770 g/mol. The van der Waals surface area contributed by atoms with E-state index in [-0.39, 0.29) is 0 Å². The smallest absolute Gasteiger partial charge is 0.175 e. The maximum absolute atomic E-state index is 16.9. The Balaban J connectivity index is 1.26. The van der Waals surface area contributed by atoms with Crippen LogP contribution in [0.4, 0.5) is 0 Å². The van der Waals surface area contributed by atoms with E-state index in [0.717, 1.165) is 93.4 Å². The Bertz CT molecular complexity index is 3520. The summed E-state index contributed by atoms with van der Waals surface area (Å²) in [6, 6.07) is 74.7. The van der Waals surface area contributed by atoms with Gasteiger partial charge in [-0.25, -0.2) is 4.98 Å². The van der Waals surface area contributed by atoms with Gasteiger partial charge >= 0.3 is 0 Å². The van der Waals surface area contributed by atoms with Gasteiger partial charge in [-0.2, -0.15) is 0 Å². The van der Waals surface area contributed by atoms with Gasteiger partial charge in [-0.05, 0) is 96.0 Å². The quantitative estimate of drug-likeness (QED) is 0.129. The van der Waals surface area contributed by atoms with E-state index in [1.54, 1.807) is 0 Å². The van der Waals surface area contributed by atoms with Gasteiger partial charge in [-0.3, -0.25) is 4.57 Å². The second-order valence-corrected chi connectivity index (χ2v) is 18.0. The normalized spacial score (nSPS) is 14.6. The molecule has 276 valence electrons. The zero-order valence-electron chi connectivity index (χ0n) is 32.0. The third-order valence-electron chi connectivity index (χ3n) is 12.2. The highest BCUT2D eigenvalue weighted by Gasteiger charge is 2.42. The van der Waals surface area contributed by atoms with Crippen molar-refractivity contribution >= 4 is 66.4 Å². The molecule has 1 aliphatic rings. The Kier molecular flexibility index (Phi) is 7.51. The standard InChI is InChI=1S/C55H35N2OP/c58-59(42-22-8-3-9-23-42)50-29-15-27-48-53(50)57(55(56-48)38-19-6-2-7-20-38)49-28-14-26-46(54(49)59)52-44-25-13-12-24-43(44)51(41-31-30-37-18-10-11-21-39(37)34-41)45-33-32-40(35-47(45)52)36-16-4-1-5-17-36/h1-35H. The molecule has 4 heteroatoms. The van der Waals surface area contributed by atoms with E-state index in [0.29, 0.717) is 0 Å². The van der Waals surface area contributed by atoms with Crippen LogP contribution in [0.1, 0.15) is 0 Å². The van der Waals surface area contributed by atoms with Gasteiger partial charge in [0.2, 0.25) is 0 Å². The lowest BCUT2D eigenvalue weighted by Gasteiger charge is -2.32. The molecule has 0 N–H and O–H groups in total. The Hall–Kier alpha value is -7.32. The molecule has 0 radical (unpaired) electrons. The summed E-state index contributed by atoms with van der Waals surface area (Å²) < 4.78 is 19.2. The fourth-order valence-corrected chi connectivity index (χ4v) is 12.8. The van der Waals surface area contributed by atoms with Crippen LogP contribution in [0, 0.1) is 0 Å². The molecule has 10 aromatic carbocycles. The summed E-state index contributed by atoms with van der Waals surface area (Å²) in [6.45, 7) is 0. The van der Waals surface area contributed by atoms with Crippen molar-refractivity contribution in [3.63, 3.8) is 0 Å². The summed E-state index contributed by atoms with van der Waals surface area (Å²) in [4.78, 5) is 5.27. The Morgan fingerprint density at radius 2 is 1.05 bits per heavy atom. The first kappa shape index (κ1) is 33.8. The van der Waals surface area contributed by atoms with Crippen LogP contribution >= 0.6 is 7.14 Å². The van der Waals surface area contributed by atoms with Gasteiger partial charge in [0.15, 0.2) is 7.14 Å². The number of fused-ring (bicyclic) bond motifs is 5. The summed E-state index contributed by atoms with van der Waals surface area (Å²) in [5.74, 6) is 0.832. The number of benzene rings is 10. The van der Waals surface area contributed by atoms with Gasteiger partial charge in [0, 0.05) is 16.2 Å². The molecule has 0 spiro atoms. The number of hydrogen-bond donors (Lipinski definition) is 0. The molecule has 0 aliphatic carbocycles. The second-order valence-electron chi connectivity index (χ2n) is 15.4. The van der Waals surface area contributed by atoms with Crippen molar-refractivity contribution in [2.45, 2.75) is 0 Å². The predicted molar refractivity (Wildman–Crippen MR) is 248 cm³/mol. The lowest BCUT2D eigenvalue weighted by molar-refractivity contribution is 0.592. The first-order chi connectivity index (χ1) is 29.2. The fraction of sp³-hybridized carbons (Fsp3) is 0. The van der Waals surface area contributed by atoms with Crippen molar-refractivity contribution < 1.29 is 4.57 Å². The average molecular weight is 771 g/mol. The lowest BCUT2D eigenvalue weighted by atomic mass is 9.84. The largest absolute Gasteiger partial charge is 0.308 e. The minimum absolute atomic E-state index is 0.807. The van der Waals surface area contributed by atoms with Gasteiger partial charge in [-0.15, -0.1) is 0 Å². The van der Waals surface area contributed by atoms with Crippen LogP contribution < -0.4 is 15.9 Å². The molecule has 1 aliphatic heterocycles. The van der Waals surface area contributed by atoms with Crippen LogP contribution in [-0.2, 0) is 4.57 Å². The van der Waals surface area contributed by atoms with Gasteiger partial charge in [0.25, 0.3) is 0 Å². The van der Waals surface area contributed by atoms with Crippen LogP contribution in [0.5, 0.6) is 0 Å². The number of aromatic nitrogens is 2. The summed E-state index contributed by atoms with van der Waals surface area (Å²) in [5, 5.41) is 9.37. The van der Waals surface area contributed by atoms with Crippen LogP contribution in [0.2, 0.25) is 0 Å².